The van der Waals surface area contributed by atoms with Gasteiger partial charge in [0, 0.05) is 31.6 Å². The van der Waals surface area contributed by atoms with E-state index >= 15 is 0 Å². The third-order valence-corrected chi connectivity index (χ3v) is 2.81. The smallest absolute Gasteiger partial charge is 0.303 e. The summed E-state index contributed by atoms with van der Waals surface area (Å²) in [6, 6.07) is 0. The Balaban J connectivity index is 2.19. The van der Waals surface area contributed by atoms with Gasteiger partial charge in [0.05, 0.1) is 12.0 Å². The van der Waals surface area contributed by atoms with Crippen molar-refractivity contribution < 1.29 is 14.7 Å². The molecule has 0 aliphatic heterocycles. The van der Waals surface area contributed by atoms with Crippen LogP contribution in [0.1, 0.15) is 30.7 Å². The second-order valence-corrected chi connectivity index (χ2v) is 4.21. The van der Waals surface area contributed by atoms with Gasteiger partial charge in [0.1, 0.15) is 0 Å². The second-order valence-electron chi connectivity index (χ2n) is 4.21. The number of aliphatic carboxylic acids is 1. The Bertz CT molecular complexity index is 426. The maximum atomic E-state index is 11.4. The molecule has 0 radical (unpaired) electrons. The Morgan fingerprint density at radius 2 is 2.11 bits per heavy atom. The Morgan fingerprint density at radius 3 is 2.67 bits per heavy atom. The van der Waals surface area contributed by atoms with Crippen LogP contribution in [0.3, 0.4) is 0 Å². The lowest BCUT2D eigenvalue weighted by atomic mass is 10.2. The summed E-state index contributed by atoms with van der Waals surface area (Å²) in [6.45, 7) is 5.13. The summed E-state index contributed by atoms with van der Waals surface area (Å²) in [5.41, 5.74) is 2.08. The average molecular weight is 253 g/mol. The van der Waals surface area contributed by atoms with Crippen molar-refractivity contribution in [2.75, 3.05) is 6.54 Å². The van der Waals surface area contributed by atoms with E-state index in [0.717, 1.165) is 11.4 Å². The van der Waals surface area contributed by atoms with Crippen LogP contribution in [-0.2, 0) is 16.1 Å². The fraction of sp³-hybridized carbons (Fsp3) is 0.583. The van der Waals surface area contributed by atoms with E-state index in [0.29, 0.717) is 19.5 Å². The molecule has 0 fully saturated rings. The lowest BCUT2D eigenvalue weighted by Crippen LogP contribution is -2.27. The number of imidazole rings is 1. The number of nitrogens with one attached hydrogen (secondary N) is 1. The van der Waals surface area contributed by atoms with Crippen molar-refractivity contribution in [2.45, 2.75) is 39.7 Å². The summed E-state index contributed by atoms with van der Waals surface area (Å²) >= 11 is 0. The molecule has 1 aromatic rings. The van der Waals surface area contributed by atoms with Crippen molar-refractivity contribution in [3.05, 3.63) is 17.7 Å². The molecule has 0 saturated heterocycles. The maximum absolute atomic E-state index is 11.4. The minimum absolute atomic E-state index is 0.0350. The number of carbonyl (C=O) groups is 2. The molecular formula is C12H19N3O3. The highest BCUT2D eigenvalue weighted by Crippen LogP contribution is 2.03. The van der Waals surface area contributed by atoms with Gasteiger partial charge in [-0.25, -0.2) is 4.98 Å². The first-order chi connectivity index (χ1) is 8.50. The van der Waals surface area contributed by atoms with Crippen LogP contribution in [0.5, 0.6) is 0 Å². The average Bonchev–Trinajstić information content (AvgIpc) is 2.60. The van der Waals surface area contributed by atoms with Gasteiger partial charge in [0.25, 0.3) is 0 Å². The zero-order valence-corrected chi connectivity index (χ0v) is 10.8. The Labute approximate surface area is 106 Å². The van der Waals surface area contributed by atoms with Gasteiger partial charge in [-0.3, -0.25) is 9.59 Å². The van der Waals surface area contributed by atoms with Crippen LogP contribution < -0.4 is 5.32 Å². The monoisotopic (exact) mass is 253 g/mol. The molecule has 18 heavy (non-hydrogen) atoms. The lowest BCUT2D eigenvalue weighted by molar-refractivity contribution is -0.137. The fourth-order valence-corrected chi connectivity index (χ4v) is 1.57. The summed E-state index contributed by atoms with van der Waals surface area (Å²) in [5, 5.41) is 11.2. The summed E-state index contributed by atoms with van der Waals surface area (Å²) in [5.74, 6) is -0.974. The zero-order valence-electron chi connectivity index (χ0n) is 10.8. The van der Waals surface area contributed by atoms with Crippen LogP contribution in [-0.4, -0.2) is 33.1 Å². The SMILES string of the molecule is Cc1ncn(CCNC(=O)CCCC(=O)O)c1C. The van der Waals surface area contributed by atoms with Gasteiger partial charge in [0.2, 0.25) is 5.91 Å². The topological polar surface area (TPSA) is 84.2 Å². The van der Waals surface area contributed by atoms with Gasteiger partial charge in [-0.2, -0.15) is 0 Å². The van der Waals surface area contributed by atoms with Gasteiger partial charge >= 0.3 is 5.97 Å². The van der Waals surface area contributed by atoms with Crippen LogP contribution in [0, 0.1) is 13.8 Å². The molecule has 0 aliphatic rings. The number of carbonyl (C=O) groups excluding carboxylic acids is 1. The number of rotatable bonds is 7. The fourth-order valence-electron chi connectivity index (χ4n) is 1.57. The van der Waals surface area contributed by atoms with Crippen LogP contribution in [0.4, 0.5) is 0 Å². The van der Waals surface area contributed by atoms with Crippen LogP contribution in [0.15, 0.2) is 6.33 Å². The van der Waals surface area contributed by atoms with E-state index in [1.54, 1.807) is 6.33 Å². The van der Waals surface area contributed by atoms with E-state index in [4.69, 9.17) is 5.11 Å². The number of nitrogens with zero attached hydrogens (tertiary/aromatic N) is 2. The predicted octanol–water partition coefficient (Wildman–Crippen LogP) is 0.871. The molecule has 0 aromatic carbocycles. The molecule has 6 nitrogen and oxygen atoms in total. The normalized spacial score (nSPS) is 10.3. The van der Waals surface area contributed by atoms with Crippen molar-refractivity contribution in [2.24, 2.45) is 0 Å². The van der Waals surface area contributed by atoms with E-state index in [1.165, 1.54) is 0 Å². The molecule has 6 heteroatoms. The Kier molecular flexibility index (Phi) is 5.35. The van der Waals surface area contributed by atoms with E-state index in [9.17, 15) is 9.59 Å². The van der Waals surface area contributed by atoms with Crippen molar-refractivity contribution in [3.8, 4) is 0 Å². The molecule has 0 spiro atoms. The first kappa shape index (κ1) is 14.2. The number of carboxylic acid groups (broad SMARTS) is 1. The van der Waals surface area contributed by atoms with Crippen LogP contribution in [0.2, 0.25) is 0 Å². The molecule has 1 rings (SSSR count). The first-order valence-electron chi connectivity index (χ1n) is 5.97. The molecule has 2 N–H and O–H groups in total. The second kappa shape index (κ2) is 6.78. The van der Waals surface area contributed by atoms with E-state index in [-0.39, 0.29) is 18.7 Å². The Hall–Kier alpha value is -1.85. The van der Waals surface area contributed by atoms with Crippen molar-refractivity contribution in [1.29, 1.82) is 0 Å². The number of aryl methyl sites for hydroxylation is 1. The third-order valence-electron chi connectivity index (χ3n) is 2.81. The minimum Gasteiger partial charge on any atom is -0.481 e. The molecule has 1 heterocycles. The van der Waals surface area contributed by atoms with Crippen molar-refractivity contribution >= 4 is 11.9 Å². The molecular weight excluding hydrogens is 234 g/mol. The number of hydrogen-bond donors (Lipinski definition) is 2. The zero-order chi connectivity index (χ0) is 13.5. The highest BCUT2D eigenvalue weighted by molar-refractivity contribution is 5.76. The quantitative estimate of drug-likeness (QED) is 0.755. The summed E-state index contributed by atoms with van der Waals surface area (Å²) in [4.78, 5) is 25.8. The summed E-state index contributed by atoms with van der Waals surface area (Å²) < 4.78 is 1.98. The molecule has 0 bridgehead atoms. The summed E-state index contributed by atoms with van der Waals surface area (Å²) in [6.07, 6.45) is 2.42. The molecule has 0 saturated carbocycles. The van der Waals surface area contributed by atoms with Gasteiger partial charge < -0.3 is 15.0 Å². The lowest BCUT2D eigenvalue weighted by Gasteiger charge is -2.07. The molecule has 0 aliphatic carbocycles. The third kappa shape index (κ3) is 4.57. The van der Waals surface area contributed by atoms with Crippen LogP contribution in [0.25, 0.3) is 0 Å². The first-order valence-corrected chi connectivity index (χ1v) is 5.97. The standard InChI is InChI=1S/C12H19N3O3/c1-9-10(2)15(8-14-9)7-6-13-11(16)4-3-5-12(17)18/h8H,3-7H2,1-2H3,(H,13,16)(H,17,18). The number of hydrogen-bond acceptors (Lipinski definition) is 3. The van der Waals surface area contributed by atoms with Crippen molar-refractivity contribution in [3.63, 3.8) is 0 Å². The number of amides is 1. The van der Waals surface area contributed by atoms with Crippen molar-refractivity contribution in [1.82, 2.24) is 14.9 Å². The molecule has 0 unspecified atom stereocenters. The minimum atomic E-state index is -0.868. The van der Waals surface area contributed by atoms with Gasteiger partial charge in [-0.1, -0.05) is 0 Å². The van der Waals surface area contributed by atoms with Crippen LogP contribution >= 0.6 is 0 Å². The molecule has 1 amide bonds. The summed E-state index contributed by atoms with van der Waals surface area (Å²) in [7, 11) is 0. The molecule has 100 valence electrons. The highest BCUT2D eigenvalue weighted by Gasteiger charge is 2.04. The van der Waals surface area contributed by atoms with E-state index < -0.39 is 5.97 Å². The van der Waals surface area contributed by atoms with Gasteiger partial charge in [-0.05, 0) is 20.3 Å². The van der Waals surface area contributed by atoms with Gasteiger partial charge in [0.15, 0.2) is 0 Å². The highest BCUT2D eigenvalue weighted by atomic mass is 16.4. The van der Waals surface area contributed by atoms with Gasteiger partial charge in [-0.15, -0.1) is 0 Å². The largest absolute Gasteiger partial charge is 0.481 e. The number of carboxylic acids is 1. The predicted molar refractivity (Wildman–Crippen MR) is 66.2 cm³/mol. The van der Waals surface area contributed by atoms with E-state index in [2.05, 4.69) is 10.3 Å². The Morgan fingerprint density at radius 1 is 1.39 bits per heavy atom. The molecule has 1 aromatic heterocycles. The maximum Gasteiger partial charge on any atom is 0.303 e. The number of aromatic nitrogens is 2. The van der Waals surface area contributed by atoms with E-state index in [1.807, 2.05) is 18.4 Å². The molecule has 0 atom stereocenters.